The molecule has 0 fully saturated rings. The van der Waals surface area contributed by atoms with Gasteiger partial charge in [0.05, 0.1) is 12.8 Å². The number of ether oxygens (including phenoxy) is 1. The van der Waals surface area contributed by atoms with E-state index < -0.39 is 0 Å². The number of phenolic OH excluding ortho intramolecular Hbond substituents is 1. The van der Waals surface area contributed by atoms with Crippen LogP contribution in [0.1, 0.15) is 28.4 Å². The van der Waals surface area contributed by atoms with Crippen LogP contribution in [0.5, 0.6) is 11.5 Å². The van der Waals surface area contributed by atoms with Crippen molar-refractivity contribution in [3.63, 3.8) is 0 Å². The molecule has 2 aromatic carbocycles. The van der Waals surface area contributed by atoms with Gasteiger partial charge in [0, 0.05) is 5.56 Å². The van der Waals surface area contributed by atoms with E-state index in [1.807, 2.05) is 26.0 Å². The van der Waals surface area contributed by atoms with Crippen LogP contribution in [0.3, 0.4) is 0 Å². The first-order valence-corrected chi connectivity index (χ1v) is 6.96. The van der Waals surface area contributed by atoms with E-state index in [0.29, 0.717) is 23.5 Å². The lowest BCUT2D eigenvalue weighted by molar-refractivity contribution is 0.0955. The fourth-order valence-corrected chi connectivity index (χ4v) is 1.91. The minimum atomic E-state index is -0.282. The predicted molar refractivity (Wildman–Crippen MR) is 85.5 cm³/mol. The molecule has 0 saturated carbocycles. The van der Waals surface area contributed by atoms with Gasteiger partial charge < -0.3 is 9.84 Å². The summed E-state index contributed by atoms with van der Waals surface area (Å²) in [6.45, 7) is 4.24. The second kappa shape index (κ2) is 7.26. The van der Waals surface area contributed by atoms with Crippen LogP contribution >= 0.6 is 0 Å². The third-order valence-electron chi connectivity index (χ3n) is 2.94. The van der Waals surface area contributed by atoms with Gasteiger partial charge in [-0.05, 0) is 49.7 Å². The van der Waals surface area contributed by atoms with E-state index in [-0.39, 0.29) is 11.7 Å². The summed E-state index contributed by atoms with van der Waals surface area (Å²) in [6.07, 6.45) is 1.46. The van der Waals surface area contributed by atoms with E-state index in [1.54, 1.807) is 24.3 Å². The smallest absolute Gasteiger partial charge is 0.271 e. The molecule has 0 aromatic heterocycles. The molecule has 5 nitrogen and oxygen atoms in total. The molecule has 2 N–H and O–H groups in total. The molecule has 0 spiro atoms. The second-order valence-corrected chi connectivity index (χ2v) is 4.73. The first-order valence-electron chi connectivity index (χ1n) is 6.96. The summed E-state index contributed by atoms with van der Waals surface area (Å²) >= 11 is 0. The number of nitrogens with zero attached hydrogens (tertiary/aromatic N) is 1. The minimum Gasteiger partial charge on any atom is -0.504 e. The lowest BCUT2D eigenvalue weighted by Gasteiger charge is -2.05. The summed E-state index contributed by atoms with van der Waals surface area (Å²) in [4.78, 5) is 11.9. The second-order valence-electron chi connectivity index (χ2n) is 4.73. The summed E-state index contributed by atoms with van der Waals surface area (Å²) in [7, 11) is 0. The Kier molecular flexibility index (Phi) is 5.14. The van der Waals surface area contributed by atoms with Crippen molar-refractivity contribution in [1.82, 2.24) is 5.43 Å². The zero-order chi connectivity index (χ0) is 15.9. The molecule has 0 aliphatic rings. The van der Waals surface area contributed by atoms with E-state index in [0.717, 1.165) is 5.56 Å². The van der Waals surface area contributed by atoms with Gasteiger partial charge in [-0.3, -0.25) is 4.79 Å². The Balaban J connectivity index is 2.00. The molecule has 0 radical (unpaired) electrons. The van der Waals surface area contributed by atoms with E-state index in [4.69, 9.17) is 4.74 Å². The Morgan fingerprint density at radius 1 is 1.32 bits per heavy atom. The van der Waals surface area contributed by atoms with Crippen molar-refractivity contribution >= 4 is 12.1 Å². The fraction of sp³-hybridized carbons (Fsp3) is 0.176. The van der Waals surface area contributed by atoms with Crippen molar-refractivity contribution in [1.29, 1.82) is 0 Å². The van der Waals surface area contributed by atoms with Crippen molar-refractivity contribution in [3.8, 4) is 11.5 Å². The Bertz CT molecular complexity index is 696. The molecule has 0 aliphatic carbocycles. The molecule has 2 rings (SSSR count). The Hall–Kier alpha value is -2.82. The number of amides is 1. The third-order valence-corrected chi connectivity index (χ3v) is 2.94. The van der Waals surface area contributed by atoms with Crippen molar-refractivity contribution in [2.75, 3.05) is 6.61 Å². The van der Waals surface area contributed by atoms with E-state index in [2.05, 4.69) is 10.5 Å². The third kappa shape index (κ3) is 4.09. The predicted octanol–water partition coefficient (Wildman–Crippen LogP) is 2.86. The topological polar surface area (TPSA) is 70.9 Å². The highest BCUT2D eigenvalue weighted by atomic mass is 16.5. The van der Waals surface area contributed by atoms with Crippen LogP contribution < -0.4 is 10.2 Å². The molecule has 0 unspecified atom stereocenters. The molecule has 0 heterocycles. The van der Waals surface area contributed by atoms with Gasteiger partial charge in [-0.1, -0.05) is 17.7 Å². The molecule has 2 aromatic rings. The van der Waals surface area contributed by atoms with Gasteiger partial charge in [0.2, 0.25) is 0 Å². The highest BCUT2D eigenvalue weighted by Gasteiger charge is 2.04. The maximum Gasteiger partial charge on any atom is 0.271 e. The largest absolute Gasteiger partial charge is 0.504 e. The van der Waals surface area contributed by atoms with Gasteiger partial charge in [0.15, 0.2) is 11.5 Å². The molecule has 1 amide bonds. The quantitative estimate of drug-likeness (QED) is 0.658. The number of phenols is 1. The number of rotatable bonds is 5. The van der Waals surface area contributed by atoms with Gasteiger partial charge in [-0.2, -0.15) is 5.10 Å². The monoisotopic (exact) mass is 298 g/mol. The lowest BCUT2D eigenvalue weighted by Crippen LogP contribution is -2.17. The van der Waals surface area contributed by atoms with Crippen molar-refractivity contribution in [3.05, 3.63) is 59.2 Å². The first kappa shape index (κ1) is 15.6. The number of aromatic hydroxyl groups is 1. The van der Waals surface area contributed by atoms with Crippen LogP contribution in [-0.4, -0.2) is 23.8 Å². The molecule has 0 atom stereocenters. The molecule has 22 heavy (non-hydrogen) atoms. The Morgan fingerprint density at radius 2 is 2.14 bits per heavy atom. The van der Waals surface area contributed by atoms with Crippen LogP contribution in [0.25, 0.3) is 0 Å². The maximum atomic E-state index is 11.9. The minimum absolute atomic E-state index is 0.0378. The fourth-order valence-electron chi connectivity index (χ4n) is 1.91. The summed E-state index contributed by atoms with van der Waals surface area (Å²) in [5, 5.41) is 13.7. The number of carbonyl (C=O) groups excluding carboxylic acids is 1. The van der Waals surface area contributed by atoms with E-state index in [1.165, 1.54) is 12.3 Å². The van der Waals surface area contributed by atoms with Gasteiger partial charge in [0.1, 0.15) is 0 Å². The molecule has 0 saturated heterocycles. The zero-order valence-electron chi connectivity index (χ0n) is 12.5. The van der Waals surface area contributed by atoms with Crippen LogP contribution in [0, 0.1) is 6.92 Å². The number of aryl methyl sites for hydroxylation is 1. The molecule has 5 heteroatoms. The maximum absolute atomic E-state index is 11.9. The average Bonchev–Trinajstić information content (AvgIpc) is 2.50. The van der Waals surface area contributed by atoms with E-state index >= 15 is 0 Å². The number of carbonyl (C=O) groups is 1. The SMILES string of the molecule is CCOc1ccc(C=NNC(=O)c2cccc(C)c2)cc1O. The van der Waals surface area contributed by atoms with Gasteiger partial charge in [0.25, 0.3) is 5.91 Å². The zero-order valence-corrected chi connectivity index (χ0v) is 12.5. The highest BCUT2D eigenvalue weighted by Crippen LogP contribution is 2.25. The average molecular weight is 298 g/mol. The summed E-state index contributed by atoms with van der Waals surface area (Å²) in [5.74, 6) is 0.175. The normalized spacial score (nSPS) is 10.6. The van der Waals surface area contributed by atoms with E-state index in [9.17, 15) is 9.90 Å². The summed E-state index contributed by atoms with van der Waals surface area (Å²) < 4.78 is 5.24. The number of hydrazone groups is 1. The van der Waals surface area contributed by atoms with Crippen LogP contribution in [0.15, 0.2) is 47.6 Å². The molecular formula is C17H18N2O3. The molecule has 0 aliphatic heterocycles. The number of hydrogen-bond donors (Lipinski definition) is 2. The van der Waals surface area contributed by atoms with Gasteiger partial charge in [-0.15, -0.1) is 0 Å². The summed E-state index contributed by atoms with van der Waals surface area (Å²) in [6, 6.07) is 12.2. The standard InChI is InChI=1S/C17H18N2O3/c1-3-22-16-8-7-13(10-15(16)20)11-18-19-17(21)14-6-4-5-12(2)9-14/h4-11,20H,3H2,1-2H3,(H,19,21). The van der Waals surface area contributed by atoms with Crippen molar-refractivity contribution in [2.45, 2.75) is 13.8 Å². The van der Waals surface area contributed by atoms with Crippen molar-refractivity contribution in [2.24, 2.45) is 5.10 Å². The molecule has 0 bridgehead atoms. The van der Waals surface area contributed by atoms with Crippen molar-refractivity contribution < 1.29 is 14.6 Å². The Labute approximate surface area is 129 Å². The first-order chi connectivity index (χ1) is 10.6. The van der Waals surface area contributed by atoms with Crippen LogP contribution in [0.4, 0.5) is 0 Å². The Morgan fingerprint density at radius 3 is 2.82 bits per heavy atom. The van der Waals surface area contributed by atoms with Gasteiger partial charge >= 0.3 is 0 Å². The molecular weight excluding hydrogens is 280 g/mol. The lowest BCUT2D eigenvalue weighted by atomic mass is 10.1. The number of benzene rings is 2. The summed E-state index contributed by atoms with van der Waals surface area (Å²) in [5.41, 5.74) is 4.66. The number of hydrogen-bond acceptors (Lipinski definition) is 4. The molecule has 114 valence electrons. The van der Waals surface area contributed by atoms with Crippen LogP contribution in [-0.2, 0) is 0 Å². The highest BCUT2D eigenvalue weighted by molar-refractivity contribution is 5.95. The van der Waals surface area contributed by atoms with Crippen LogP contribution in [0.2, 0.25) is 0 Å². The number of nitrogens with one attached hydrogen (secondary N) is 1. The van der Waals surface area contributed by atoms with Gasteiger partial charge in [-0.25, -0.2) is 5.43 Å².